The second-order valence-electron chi connectivity index (χ2n) is 8.00. The first-order valence-electron chi connectivity index (χ1n) is 10.7. The lowest BCUT2D eigenvalue weighted by atomic mass is 9.96. The molecule has 4 rings (SSSR count). The van der Waals surface area contributed by atoms with Crippen LogP contribution in [-0.4, -0.2) is 33.9 Å². The molecule has 3 aromatic rings. The summed E-state index contributed by atoms with van der Waals surface area (Å²) in [5, 5.41) is 3.44. The van der Waals surface area contributed by atoms with E-state index in [4.69, 9.17) is 0 Å². The number of hydrogen-bond donors (Lipinski definition) is 1. The van der Waals surface area contributed by atoms with Crippen molar-refractivity contribution in [2.24, 2.45) is 0 Å². The zero-order chi connectivity index (χ0) is 20.8. The van der Waals surface area contributed by atoms with Gasteiger partial charge in [-0.25, -0.2) is 9.97 Å². The number of nitrogens with zero attached hydrogens (tertiary/aromatic N) is 3. The number of aromatic nitrogens is 2. The average molecular weight is 401 g/mol. The molecular weight excluding hydrogens is 372 g/mol. The summed E-state index contributed by atoms with van der Waals surface area (Å²) >= 11 is 0. The molecule has 5 nitrogen and oxygen atoms in total. The summed E-state index contributed by atoms with van der Waals surface area (Å²) in [6.07, 6.45) is 9.97. The second-order valence-corrected chi connectivity index (χ2v) is 8.00. The van der Waals surface area contributed by atoms with Crippen LogP contribution in [0.25, 0.3) is 11.1 Å². The lowest BCUT2D eigenvalue weighted by molar-refractivity contribution is 0.0785. The Bertz CT molecular complexity index is 949. The Morgan fingerprint density at radius 2 is 1.60 bits per heavy atom. The normalized spacial score (nSPS) is 14.3. The third-order valence-corrected chi connectivity index (χ3v) is 5.66. The lowest BCUT2D eigenvalue weighted by Gasteiger charge is -2.22. The van der Waals surface area contributed by atoms with Crippen LogP contribution in [0.3, 0.4) is 0 Å². The maximum Gasteiger partial charge on any atom is 0.253 e. The Morgan fingerprint density at radius 3 is 2.27 bits per heavy atom. The highest BCUT2D eigenvalue weighted by molar-refractivity contribution is 5.94. The summed E-state index contributed by atoms with van der Waals surface area (Å²) in [6, 6.07) is 18.1. The lowest BCUT2D eigenvalue weighted by Crippen LogP contribution is -2.26. The maximum absolute atomic E-state index is 12.7. The monoisotopic (exact) mass is 400 g/mol. The van der Waals surface area contributed by atoms with E-state index in [2.05, 4.69) is 15.3 Å². The number of hydrogen-bond acceptors (Lipinski definition) is 4. The minimum atomic E-state index is 0.00804. The van der Waals surface area contributed by atoms with Gasteiger partial charge in [-0.3, -0.25) is 4.79 Å². The molecule has 1 aliphatic rings. The van der Waals surface area contributed by atoms with Gasteiger partial charge in [0.05, 0.1) is 0 Å². The predicted octanol–water partition coefficient (Wildman–Crippen LogP) is 5.16. The summed E-state index contributed by atoms with van der Waals surface area (Å²) < 4.78 is 0. The van der Waals surface area contributed by atoms with E-state index in [0.29, 0.717) is 24.1 Å². The van der Waals surface area contributed by atoms with Crippen molar-refractivity contribution in [1.82, 2.24) is 14.9 Å². The van der Waals surface area contributed by atoms with E-state index in [9.17, 15) is 4.79 Å². The van der Waals surface area contributed by atoms with Crippen LogP contribution < -0.4 is 5.32 Å². The first kappa shape index (κ1) is 20.1. The van der Waals surface area contributed by atoms with Gasteiger partial charge in [0, 0.05) is 43.2 Å². The van der Waals surface area contributed by atoms with Crippen LogP contribution in [0.2, 0.25) is 0 Å². The highest BCUT2D eigenvalue weighted by Crippen LogP contribution is 2.22. The Hall–Kier alpha value is -3.21. The first-order valence-corrected chi connectivity index (χ1v) is 10.7. The zero-order valence-corrected chi connectivity index (χ0v) is 17.4. The fourth-order valence-electron chi connectivity index (χ4n) is 3.94. The minimum absolute atomic E-state index is 0.00804. The standard InChI is InChI=1S/C25H28N4O/c1-29(18-19-8-4-2-5-9-19)24(30)21-14-12-20(13-15-21)22-16-26-25(27-17-22)28-23-10-6-3-7-11-23/h2,4-5,8-9,12-17,23H,3,6-7,10-11,18H2,1H3,(H,26,27,28). The Kier molecular flexibility index (Phi) is 6.38. The van der Waals surface area contributed by atoms with Crippen LogP contribution >= 0.6 is 0 Å². The van der Waals surface area contributed by atoms with Crippen LogP contribution in [0.5, 0.6) is 0 Å². The van der Waals surface area contributed by atoms with Crippen molar-refractivity contribution in [2.75, 3.05) is 12.4 Å². The van der Waals surface area contributed by atoms with Gasteiger partial charge in [-0.05, 0) is 36.1 Å². The maximum atomic E-state index is 12.7. The van der Waals surface area contributed by atoms with Crippen LogP contribution in [0.1, 0.15) is 48.0 Å². The number of nitrogens with one attached hydrogen (secondary N) is 1. The van der Waals surface area contributed by atoms with Gasteiger partial charge < -0.3 is 10.2 Å². The van der Waals surface area contributed by atoms with Gasteiger partial charge in [-0.15, -0.1) is 0 Å². The predicted molar refractivity (Wildman–Crippen MR) is 120 cm³/mol. The number of benzene rings is 2. The largest absolute Gasteiger partial charge is 0.351 e. The van der Waals surface area contributed by atoms with Crippen molar-refractivity contribution in [3.05, 3.63) is 78.1 Å². The Morgan fingerprint density at radius 1 is 0.933 bits per heavy atom. The molecule has 30 heavy (non-hydrogen) atoms. The van der Waals surface area contributed by atoms with E-state index >= 15 is 0 Å². The smallest absolute Gasteiger partial charge is 0.253 e. The molecule has 0 radical (unpaired) electrons. The van der Waals surface area contributed by atoms with Crippen LogP contribution in [0.15, 0.2) is 67.0 Å². The molecule has 0 atom stereocenters. The number of anilines is 1. The fraction of sp³-hybridized carbons (Fsp3) is 0.320. The van der Waals surface area contributed by atoms with Gasteiger partial charge >= 0.3 is 0 Å². The molecule has 0 unspecified atom stereocenters. The molecule has 0 spiro atoms. The van der Waals surface area contributed by atoms with Gasteiger partial charge in [0.25, 0.3) is 5.91 Å². The molecule has 0 saturated heterocycles. The number of carbonyl (C=O) groups excluding carboxylic acids is 1. The van der Waals surface area contributed by atoms with E-state index in [-0.39, 0.29) is 5.91 Å². The van der Waals surface area contributed by atoms with E-state index in [1.54, 1.807) is 4.90 Å². The van der Waals surface area contributed by atoms with Gasteiger partial charge in [-0.2, -0.15) is 0 Å². The molecule has 5 heteroatoms. The fourth-order valence-corrected chi connectivity index (χ4v) is 3.94. The SMILES string of the molecule is CN(Cc1ccccc1)C(=O)c1ccc(-c2cnc(NC3CCCCC3)nc2)cc1. The highest BCUT2D eigenvalue weighted by atomic mass is 16.2. The Balaban J connectivity index is 1.38. The topological polar surface area (TPSA) is 58.1 Å². The van der Waals surface area contributed by atoms with E-state index in [1.165, 1.54) is 32.1 Å². The molecule has 1 fully saturated rings. The molecular formula is C25H28N4O. The molecule has 1 aromatic heterocycles. The number of carbonyl (C=O) groups is 1. The third-order valence-electron chi connectivity index (χ3n) is 5.66. The van der Waals surface area contributed by atoms with Crippen molar-refractivity contribution < 1.29 is 4.79 Å². The summed E-state index contributed by atoms with van der Waals surface area (Å²) in [4.78, 5) is 23.4. The van der Waals surface area contributed by atoms with Crippen LogP contribution in [0, 0.1) is 0 Å². The molecule has 154 valence electrons. The average Bonchev–Trinajstić information content (AvgIpc) is 2.80. The quantitative estimate of drug-likeness (QED) is 0.621. The molecule has 1 N–H and O–H groups in total. The van der Waals surface area contributed by atoms with Gasteiger partial charge in [0.1, 0.15) is 0 Å². The Labute approximate surface area is 178 Å². The van der Waals surface area contributed by atoms with E-state index in [1.807, 2.05) is 74.0 Å². The first-order chi connectivity index (χ1) is 14.7. The molecule has 1 heterocycles. The zero-order valence-electron chi connectivity index (χ0n) is 17.4. The van der Waals surface area contributed by atoms with Crippen molar-refractivity contribution in [3.8, 4) is 11.1 Å². The summed E-state index contributed by atoms with van der Waals surface area (Å²) in [5.41, 5.74) is 3.74. The molecule has 1 aliphatic carbocycles. The van der Waals surface area contributed by atoms with Gasteiger partial charge in [0.2, 0.25) is 5.95 Å². The summed E-state index contributed by atoms with van der Waals surface area (Å²) in [6.45, 7) is 0.588. The molecule has 0 aliphatic heterocycles. The highest BCUT2D eigenvalue weighted by Gasteiger charge is 2.15. The third kappa shape index (κ3) is 5.03. The van der Waals surface area contributed by atoms with Gasteiger partial charge in [-0.1, -0.05) is 61.7 Å². The van der Waals surface area contributed by atoms with Crippen LogP contribution in [-0.2, 0) is 6.54 Å². The number of amides is 1. The van der Waals surface area contributed by atoms with Crippen molar-refractivity contribution in [3.63, 3.8) is 0 Å². The summed E-state index contributed by atoms with van der Waals surface area (Å²) in [7, 11) is 1.83. The van der Waals surface area contributed by atoms with Crippen LogP contribution in [0.4, 0.5) is 5.95 Å². The molecule has 2 aromatic carbocycles. The van der Waals surface area contributed by atoms with Crippen molar-refractivity contribution >= 4 is 11.9 Å². The van der Waals surface area contributed by atoms with E-state index < -0.39 is 0 Å². The second kappa shape index (κ2) is 9.53. The summed E-state index contributed by atoms with van der Waals surface area (Å²) in [5.74, 6) is 0.702. The van der Waals surface area contributed by atoms with E-state index in [0.717, 1.165) is 16.7 Å². The van der Waals surface area contributed by atoms with Gasteiger partial charge in [0.15, 0.2) is 0 Å². The van der Waals surface area contributed by atoms with Crippen molar-refractivity contribution in [1.29, 1.82) is 0 Å². The van der Waals surface area contributed by atoms with Crippen molar-refractivity contribution in [2.45, 2.75) is 44.7 Å². The number of rotatable bonds is 6. The molecule has 0 bridgehead atoms. The minimum Gasteiger partial charge on any atom is -0.351 e. The molecule has 1 amide bonds. The molecule has 1 saturated carbocycles.